The van der Waals surface area contributed by atoms with E-state index in [9.17, 15) is 13.2 Å². The van der Waals surface area contributed by atoms with Gasteiger partial charge in [-0.25, -0.2) is 4.98 Å². The van der Waals surface area contributed by atoms with Gasteiger partial charge in [0.25, 0.3) is 0 Å². The van der Waals surface area contributed by atoms with Crippen LogP contribution in [0.25, 0.3) is 0 Å². The van der Waals surface area contributed by atoms with Gasteiger partial charge in [0, 0.05) is 24.0 Å². The van der Waals surface area contributed by atoms with Crippen molar-refractivity contribution < 1.29 is 13.2 Å². The van der Waals surface area contributed by atoms with Crippen LogP contribution in [0.1, 0.15) is 31.0 Å². The number of halogens is 3. The van der Waals surface area contributed by atoms with Gasteiger partial charge in [-0.1, -0.05) is 13.3 Å². The van der Waals surface area contributed by atoms with Crippen LogP contribution in [-0.2, 0) is 6.18 Å². The molecule has 2 rings (SSSR count). The maximum Gasteiger partial charge on any atom is 0.416 e. The number of unbranched alkanes of at least 4 members (excludes halogenated alkanes) is 1. The monoisotopic (exact) mass is 324 g/mol. The Morgan fingerprint density at radius 3 is 2.39 bits per heavy atom. The van der Waals surface area contributed by atoms with Crippen molar-refractivity contribution in [1.82, 2.24) is 9.97 Å². The molecule has 0 spiro atoms. The highest BCUT2D eigenvalue weighted by atomic mass is 19.4. The Hall–Kier alpha value is -2.31. The molecule has 0 unspecified atom stereocenters. The quantitative estimate of drug-likeness (QED) is 0.752. The maximum absolute atomic E-state index is 12.5. The molecule has 124 valence electrons. The Morgan fingerprint density at radius 1 is 1.09 bits per heavy atom. The minimum Gasteiger partial charge on any atom is -0.370 e. The van der Waals surface area contributed by atoms with E-state index in [2.05, 4.69) is 27.5 Å². The lowest BCUT2D eigenvalue weighted by molar-refractivity contribution is -0.137. The highest BCUT2D eigenvalue weighted by molar-refractivity contribution is 5.55. The summed E-state index contributed by atoms with van der Waals surface area (Å²) in [6, 6.07) is 6.60. The molecule has 2 N–H and O–H groups in total. The van der Waals surface area contributed by atoms with E-state index in [-0.39, 0.29) is 0 Å². The molecule has 0 bridgehead atoms. The van der Waals surface area contributed by atoms with Crippen molar-refractivity contribution in [3.63, 3.8) is 0 Å². The molecule has 7 heteroatoms. The van der Waals surface area contributed by atoms with Crippen LogP contribution in [0.3, 0.4) is 0 Å². The smallest absolute Gasteiger partial charge is 0.370 e. The molecule has 1 heterocycles. The van der Waals surface area contributed by atoms with Crippen LogP contribution in [0.4, 0.5) is 30.6 Å². The summed E-state index contributed by atoms with van der Waals surface area (Å²) in [5.74, 6) is 1.05. The lowest BCUT2D eigenvalue weighted by Crippen LogP contribution is -2.07. The van der Waals surface area contributed by atoms with Gasteiger partial charge in [0.15, 0.2) is 0 Å². The molecule has 2 aromatic rings. The van der Waals surface area contributed by atoms with Gasteiger partial charge in [0.2, 0.25) is 5.95 Å². The molecule has 1 aromatic carbocycles. The zero-order valence-corrected chi connectivity index (χ0v) is 13.0. The number of hydrogen-bond donors (Lipinski definition) is 2. The molecule has 4 nitrogen and oxygen atoms in total. The molecule has 23 heavy (non-hydrogen) atoms. The molecule has 0 saturated heterocycles. The fraction of sp³-hybridized carbons (Fsp3) is 0.375. The van der Waals surface area contributed by atoms with Crippen molar-refractivity contribution in [2.45, 2.75) is 32.9 Å². The van der Waals surface area contributed by atoms with E-state index in [1.807, 2.05) is 13.0 Å². The van der Waals surface area contributed by atoms with Gasteiger partial charge in [-0.3, -0.25) is 0 Å². The first-order valence-electron chi connectivity index (χ1n) is 7.42. The summed E-state index contributed by atoms with van der Waals surface area (Å²) in [5, 5.41) is 6.13. The Kier molecular flexibility index (Phi) is 5.41. The molecule has 0 aliphatic rings. The van der Waals surface area contributed by atoms with Crippen LogP contribution in [-0.4, -0.2) is 16.5 Å². The van der Waals surface area contributed by atoms with Crippen molar-refractivity contribution in [3.8, 4) is 0 Å². The first-order chi connectivity index (χ1) is 10.9. The molecule has 1 aromatic heterocycles. The van der Waals surface area contributed by atoms with E-state index in [1.165, 1.54) is 12.1 Å². The zero-order valence-electron chi connectivity index (χ0n) is 13.0. The second kappa shape index (κ2) is 7.30. The highest BCUT2D eigenvalue weighted by Crippen LogP contribution is 2.30. The Balaban J connectivity index is 2.10. The number of anilines is 3. The number of benzene rings is 1. The first-order valence-corrected chi connectivity index (χ1v) is 7.42. The number of aryl methyl sites for hydroxylation is 1. The van der Waals surface area contributed by atoms with E-state index in [4.69, 9.17) is 0 Å². The number of nitrogens with one attached hydrogen (secondary N) is 2. The standard InChI is InChI=1S/C16H19F3N4/c1-3-4-9-20-14-10-11(2)21-15(23-14)22-13-7-5-12(6-8-13)16(17,18)19/h5-8,10H,3-4,9H2,1-2H3,(H2,20,21,22,23). The molecular weight excluding hydrogens is 305 g/mol. The van der Waals surface area contributed by atoms with Crippen molar-refractivity contribution in [2.75, 3.05) is 17.2 Å². The third kappa shape index (κ3) is 5.12. The number of alkyl halides is 3. The van der Waals surface area contributed by atoms with Gasteiger partial charge >= 0.3 is 6.18 Å². The molecule has 0 aliphatic heterocycles. The molecule has 0 saturated carbocycles. The summed E-state index contributed by atoms with van der Waals surface area (Å²) in [6.45, 7) is 4.75. The number of nitrogens with zero attached hydrogens (tertiary/aromatic N) is 2. The Morgan fingerprint density at radius 2 is 1.78 bits per heavy atom. The second-order valence-corrected chi connectivity index (χ2v) is 5.20. The van der Waals surface area contributed by atoms with Crippen molar-refractivity contribution in [2.24, 2.45) is 0 Å². The Bertz CT molecular complexity index is 639. The topological polar surface area (TPSA) is 49.8 Å². The number of rotatable bonds is 6. The summed E-state index contributed by atoms with van der Waals surface area (Å²) in [6.07, 6.45) is -2.23. The summed E-state index contributed by atoms with van der Waals surface area (Å²) in [5.41, 5.74) is 0.589. The van der Waals surface area contributed by atoms with Gasteiger partial charge in [0.05, 0.1) is 5.56 Å². The average molecular weight is 324 g/mol. The third-order valence-corrected chi connectivity index (χ3v) is 3.16. The second-order valence-electron chi connectivity index (χ2n) is 5.20. The van der Waals surface area contributed by atoms with Gasteiger partial charge in [-0.15, -0.1) is 0 Å². The number of aromatic nitrogens is 2. The Labute approximate surface area is 133 Å². The fourth-order valence-corrected chi connectivity index (χ4v) is 1.98. The molecule has 0 amide bonds. The van der Waals surface area contributed by atoms with Gasteiger partial charge in [-0.2, -0.15) is 18.2 Å². The molecule has 0 aliphatic carbocycles. The maximum atomic E-state index is 12.5. The normalized spacial score (nSPS) is 11.3. The van der Waals surface area contributed by atoms with Crippen LogP contribution in [0, 0.1) is 6.92 Å². The van der Waals surface area contributed by atoms with Crippen LogP contribution >= 0.6 is 0 Å². The van der Waals surface area contributed by atoms with Gasteiger partial charge < -0.3 is 10.6 Å². The third-order valence-electron chi connectivity index (χ3n) is 3.16. The van der Waals surface area contributed by atoms with Crippen molar-refractivity contribution in [3.05, 3.63) is 41.6 Å². The van der Waals surface area contributed by atoms with E-state index in [0.29, 0.717) is 17.5 Å². The summed E-state index contributed by atoms with van der Waals surface area (Å²) in [7, 11) is 0. The molecular formula is C16H19F3N4. The molecule has 0 atom stereocenters. The lowest BCUT2D eigenvalue weighted by atomic mass is 10.2. The van der Waals surface area contributed by atoms with Gasteiger partial charge in [0.1, 0.15) is 5.82 Å². The van der Waals surface area contributed by atoms with E-state index in [1.54, 1.807) is 0 Å². The van der Waals surface area contributed by atoms with Gasteiger partial charge in [-0.05, 0) is 37.6 Å². The number of hydrogen-bond acceptors (Lipinski definition) is 4. The van der Waals surface area contributed by atoms with Crippen LogP contribution in [0.15, 0.2) is 30.3 Å². The lowest BCUT2D eigenvalue weighted by Gasteiger charge is -2.11. The first kappa shape index (κ1) is 17.1. The van der Waals surface area contributed by atoms with E-state index >= 15 is 0 Å². The summed E-state index contributed by atoms with van der Waals surface area (Å²) >= 11 is 0. The highest BCUT2D eigenvalue weighted by Gasteiger charge is 2.29. The SMILES string of the molecule is CCCCNc1cc(C)nc(Nc2ccc(C(F)(F)F)cc2)n1. The minimum absolute atomic E-state index is 0.351. The van der Waals surface area contributed by atoms with E-state index in [0.717, 1.165) is 37.2 Å². The largest absolute Gasteiger partial charge is 0.416 e. The van der Waals surface area contributed by atoms with Crippen molar-refractivity contribution in [1.29, 1.82) is 0 Å². The predicted octanol–water partition coefficient (Wildman–Crippen LogP) is 4.76. The van der Waals surface area contributed by atoms with Crippen LogP contribution in [0.5, 0.6) is 0 Å². The molecule has 0 radical (unpaired) electrons. The molecule has 0 fully saturated rings. The van der Waals surface area contributed by atoms with Crippen molar-refractivity contribution >= 4 is 17.5 Å². The van der Waals surface area contributed by atoms with Crippen LogP contribution in [0.2, 0.25) is 0 Å². The zero-order chi connectivity index (χ0) is 16.9. The van der Waals surface area contributed by atoms with E-state index < -0.39 is 11.7 Å². The average Bonchev–Trinajstić information content (AvgIpc) is 2.46. The summed E-state index contributed by atoms with van der Waals surface area (Å²) in [4.78, 5) is 8.56. The predicted molar refractivity (Wildman–Crippen MR) is 84.9 cm³/mol. The fourth-order valence-electron chi connectivity index (χ4n) is 1.98. The van der Waals surface area contributed by atoms with Crippen LogP contribution < -0.4 is 10.6 Å². The summed E-state index contributed by atoms with van der Waals surface area (Å²) < 4.78 is 37.6. The minimum atomic E-state index is -4.34.